The molecule has 120 valence electrons. The number of likely N-dealkylation sites (tertiary alicyclic amines) is 1. The van der Waals surface area contributed by atoms with Crippen LogP contribution in [0.4, 0.5) is 0 Å². The predicted octanol–water partition coefficient (Wildman–Crippen LogP) is 2.09. The fourth-order valence-electron chi connectivity index (χ4n) is 2.57. The van der Waals surface area contributed by atoms with Gasteiger partial charge in [0.2, 0.25) is 5.88 Å². The first-order chi connectivity index (χ1) is 11.2. The third-order valence-corrected chi connectivity index (χ3v) is 3.81. The number of benzene rings is 1. The Labute approximate surface area is 135 Å². The third kappa shape index (κ3) is 3.59. The van der Waals surface area contributed by atoms with Crippen LogP contribution in [0.15, 0.2) is 36.4 Å². The summed E-state index contributed by atoms with van der Waals surface area (Å²) >= 11 is 0. The number of aryl methyl sites for hydroxylation is 1. The zero-order valence-electron chi connectivity index (χ0n) is 13.2. The SMILES string of the molecule is COc1cccc(C(=O)N2CCC(Oc3ccc(C)nn3)C2)c1. The van der Waals surface area contributed by atoms with E-state index in [0.717, 1.165) is 12.1 Å². The van der Waals surface area contributed by atoms with Gasteiger partial charge < -0.3 is 14.4 Å². The molecule has 1 saturated heterocycles. The number of hydrogen-bond donors (Lipinski definition) is 0. The van der Waals surface area contributed by atoms with Gasteiger partial charge in [0.05, 0.1) is 19.3 Å². The fourth-order valence-corrected chi connectivity index (χ4v) is 2.57. The van der Waals surface area contributed by atoms with Gasteiger partial charge in [0.25, 0.3) is 5.91 Å². The molecule has 23 heavy (non-hydrogen) atoms. The summed E-state index contributed by atoms with van der Waals surface area (Å²) in [7, 11) is 1.59. The molecule has 0 spiro atoms. The van der Waals surface area contributed by atoms with E-state index in [4.69, 9.17) is 9.47 Å². The van der Waals surface area contributed by atoms with Crippen molar-refractivity contribution in [2.24, 2.45) is 0 Å². The van der Waals surface area contributed by atoms with E-state index in [-0.39, 0.29) is 12.0 Å². The van der Waals surface area contributed by atoms with E-state index < -0.39 is 0 Å². The van der Waals surface area contributed by atoms with Crippen LogP contribution < -0.4 is 9.47 Å². The Hall–Kier alpha value is -2.63. The maximum Gasteiger partial charge on any atom is 0.254 e. The van der Waals surface area contributed by atoms with Crippen LogP contribution in [0.5, 0.6) is 11.6 Å². The van der Waals surface area contributed by atoms with Crippen LogP contribution in [0.25, 0.3) is 0 Å². The van der Waals surface area contributed by atoms with Crippen molar-refractivity contribution in [2.45, 2.75) is 19.4 Å². The monoisotopic (exact) mass is 313 g/mol. The van der Waals surface area contributed by atoms with Gasteiger partial charge in [0, 0.05) is 24.6 Å². The lowest BCUT2D eigenvalue weighted by Crippen LogP contribution is -2.31. The fraction of sp³-hybridized carbons (Fsp3) is 0.353. The smallest absolute Gasteiger partial charge is 0.254 e. The number of rotatable bonds is 4. The molecule has 0 saturated carbocycles. The third-order valence-electron chi connectivity index (χ3n) is 3.81. The first-order valence-electron chi connectivity index (χ1n) is 7.56. The minimum atomic E-state index is -0.0541. The number of nitrogens with zero attached hydrogens (tertiary/aromatic N) is 3. The lowest BCUT2D eigenvalue weighted by atomic mass is 10.2. The minimum absolute atomic E-state index is 0.00927. The number of hydrogen-bond acceptors (Lipinski definition) is 5. The Morgan fingerprint density at radius 3 is 2.87 bits per heavy atom. The molecule has 0 N–H and O–H groups in total. The molecule has 1 amide bonds. The van der Waals surface area contributed by atoms with Gasteiger partial charge in [-0.25, -0.2) is 0 Å². The molecular formula is C17H19N3O3. The second kappa shape index (κ2) is 6.64. The van der Waals surface area contributed by atoms with Crippen molar-refractivity contribution in [1.29, 1.82) is 0 Å². The van der Waals surface area contributed by atoms with Crippen molar-refractivity contribution >= 4 is 5.91 Å². The van der Waals surface area contributed by atoms with E-state index in [9.17, 15) is 4.79 Å². The zero-order chi connectivity index (χ0) is 16.2. The molecule has 0 bridgehead atoms. The lowest BCUT2D eigenvalue weighted by molar-refractivity contribution is 0.0770. The molecule has 1 aromatic carbocycles. The van der Waals surface area contributed by atoms with Crippen LogP contribution >= 0.6 is 0 Å². The first kappa shape index (κ1) is 15.3. The molecule has 1 aliphatic heterocycles. The molecule has 1 aromatic heterocycles. The molecule has 3 rings (SSSR count). The number of carbonyl (C=O) groups is 1. The summed E-state index contributed by atoms with van der Waals surface area (Å²) in [6, 6.07) is 10.8. The first-order valence-corrected chi connectivity index (χ1v) is 7.56. The van der Waals surface area contributed by atoms with Gasteiger partial charge in [-0.2, -0.15) is 5.10 Å². The van der Waals surface area contributed by atoms with Gasteiger partial charge in [-0.05, 0) is 31.2 Å². The summed E-state index contributed by atoms with van der Waals surface area (Å²) in [6.45, 7) is 3.09. The van der Waals surface area contributed by atoms with E-state index in [1.54, 1.807) is 30.2 Å². The molecule has 6 nitrogen and oxygen atoms in total. The second-order valence-electron chi connectivity index (χ2n) is 5.52. The van der Waals surface area contributed by atoms with Crippen LogP contribution in [0, 0.1) is 6.92 Å². The molecule has 1 unspecified atom stereocenters. The quantitative estimate of drug-likeness (QED) is 0.865. The Morgan fingerprint density at radius 1 is 1.26 bits per heavy atom. The minimum Gasteiger partial charge on any atom is -0.497 e. The van der Waals surface area contributed by atoms with E-state index in [0.29, 0.717) is 30.3 Å². The van der Waals surface area contributed by atoms with Crippen molar-refractivity contribution in [1.82, 2.24) is 15.1 Å². The van der Waals surface area contributed by atoms with Gasteiger partial charge in [0.1, 0.15) is 11.9 Å². The van der Waals surface area contributed by atoms with Gasteiger partial charge in [-0.1, -0.05) is 6.07 Å². The number of aromatic nitrogens is 2. The summed E-state index contributed by atoms with van der Waals surface area (Å²) in [5.41, 5.74) is 1.47. The number of ether oxygens (including phenoxy) is 2. The summed E-state index contributed by atoms with van der Waals surface area (Å²) in [5, 5.41) is 7.97. The second-order valence-corrected chi connectivity index (χ2v) is 5.52. The summed E-state index contributed by atoms with van der Waals surface area (Å²) in [6.07, 6.45) is 0.729. The molecule has 1 fully saturated rings. The Balaban J connectivity index is 1.62. The Bertz CT molecular complexity index is 688. The van der Waals surface area contributed by atoms with E-state index in [2.05, 4.69) is 10.2 Å². The van der Waals surface area contributed by atoms with Crippen molar-refractivity contribution in [3.63, 3.8) is 0 Å². The van der Waals surface area contributed by atoms with E-state index in [1.807, 2.05) is 25.1 Å². The van der Waals surface area contributed by atoms with Crippen LogP contribution in [0.1, 0.15) is 22.5 Å². The number of amides is 1. The maximum absolute atomic E-state index is 12.5. The van der Waals surface area contributed by atoms with Crippen molar-refractivity contribution in [3.8, 4) is 11.6 Å². The molecule has 1 atom stereocenters. The average molecular weight is 313 g/mol. The van der Waals surface area contributed by atoms with Crippen LogP contribution in [0.2, 0.25) is 0 Å². The highest BCUT2D eigenvalue weighted by Crippen LogP contribution is 2.20. The summed E-state index contributed by atoms with van der Waals surface area (Å²) in [5.74, 6) is 1.17. The lowest BCUT2D eigenvalue weighted by Gasteiger charge is -2.17. The zero-order valence-corrected chi connectivity index (χ0v) is 13.2. The molecule has 0 radical (unpaired) electrons. The molecule has 2 aromatic rings. The summed E-state index contributed by atoms with van der Waals surface area (Å²) in [4.78, 5) is 14.3. The van der Waals surface area contributed by atoms with Crippen molar-refractivity contribution < 1.29 is 14.3 Å². The number of carbonyl (C=O) groups excluding carboxylic acids is 1. The average Bonchev–Trinajstić information content (AvgIpc) is 3.05. The van der Waals surface area contributed by atoms with E-state index in [1.165, 1.54) is 0 Å². The predicted molar refractivity (Wildman–Crippen MR) is 84.7 cm³/mol. The standard InChI is InChI=1S/C17H19N3O3/c1-12-6-7-16(19-18-12)23-15-8-9-20(11-15)17(21)13-4-3-5-14(10-13)22-2/h3-7,10,15H,8-9,11H2,1-2H3. The Morgan fingerprint density at radius 2 is 2.13 bits per heavy atom. The molecule has 6 heteroatoms. The van der Waals surface area contributed by atoms with Crippen LogP contribution in [0.3, 0.4) is 0 Å². The maximum atomic E-state index is 12.5. The highest BCUT2D eigenvalue weighted by Gasteiger charge is 2.28. The van der Waals surface area contributed by atoms with E-state index >= 15 is 0 Å². The number of methoxy groups -OCH3 is 1. The van der Waals surface area contributed by atoms with Crippen molar-refractivity contribution in [3.05, 3.63) is 47.7 Å². The molecule has 2 heterocycles. The van der Waals surface area contributed by atoms with Crippen LogP contribution in [-0.2, 0) is 0 Å². The molecular weight excluding hydrogens is 294 g/mol. The molecule has 1 aliphatic rings. The van der Waals surface area contributed by atoms with Gasteiger partial charge in [0.15, 0.2) is 0 Å². The van der Waals surface area contributed by atoms with Crippen LogP contribution in [-0.4, -0.2) is 47.3 Å². The Kier molecular flexibility index (Phi) is 4.41. The topological polar surface area (TPSA) is 64.5 Å². The van der Waals surface area contributed by atoms with Crippen molar-refractivity contribution in [2.75, 3.05) is 20.2 Å². The van der Waals surface area contributed by atoms with Gasteiger partial charge in [-0.3, -0.25) is 4.79 Å². The van der Waals surface area contributed by atoms with Gasteiger partial charge in [-0.15, -0.1) is 5.10 Å². The largest absolute Gasteiger partial charge is 0.497 e. The normalized spacial score (nSPS) is 17.1. The highest BCUT2D eigenvalue weighted by molar-refractivity contribution is 5.94. The van der Waals surface area contributed by atoms with Gasteiger partial charge >= 0.3 is 0 Å². The highest BCUT2D eigenvalue weighted by atomic mass is 16.5. The summed E-state index contributed by atoms with van der Waals surface area (Å²) < 4.78 is 11.0. The molecule has 0 aliphatic carbocycles.